The summed E-state index contributed by atoms with van der Waals surface area (Å²) in [6.45, 7) is -1.10. The van der Waals surface area contributed by atoms with Crippen molar-refractivity contribution in [3.8, 4) is 0 Å². The molecule has 3 N–H and O–H groups in total. The number of carboxylic acid groups (broad SMARTS) is 1. The lowest BCUT2D eigenvalue weighted by Crippen LogP contribution is -2.44. The first-order valence-electron chi connectivity index (χ1n) is 5.90. The van der Waals surface area contributed by atoms with E-state index in [0.29, 0.717) is 4.48 Å². The van der Waals surface area contributed by atoms with Gasteiger partial charge in [0.15, 0.2) is 0 Å². The Bertz CT molecular complexity index is 356. The highest BCUT2D eigenvalue weighted by molar-refractivity contribution is 7.47. The summed E-state index contributed by atoms with van der Waals surface area (Å²) in [5.41, 5.74) is 0. The predicted molar refractivity (Wildman–Crippen MR) is 66.3 cm³/mol. The van der Waals surface area contributed by atoms with Gasteiger partial charge in [0.25, 0.3) is 0 Å². The minimum Gasteiger partial charge on any atom is -0.550 e. The molecule has 0 saturated carbocycles. The summed E-state index contributed by atoms with van der Waals surface area (Å²) in [4.78, 5) is 20.0. The van der Waals surface area contributed by atoms with Crippen LogP contribution in [0, 0.1) is 0 Å². The number of hydrogen-bond acceptors (Lipinski definition) is 7. The van der Waals surface area contributed by atoms with E-state index in [1.165, 1.54) is 0 Å². The number of aliphatic carboxylic acids is 1. The van der Waals surface area contributed by atoms with Crippen LogP contribution < -0.4 is 5.11 Å². The van der Waals surface area contributed by atoms with Crippen molar-refractivity contribution in [2.24, 2.45) is 0 Å². The Labute approximate surface area is 117 Å². The van der Waals surface area contributed by atoms with Crippen LogP contribution in [-0.2, 0) is 18.4 Å². The van der Waals surface area contributed by atoms with Crippen LogP contribution >= 0.6 is 7.82 Å². The molecule has 0 heterocycles. The highest BCUT2D eigenvalue weighted by Gasteiger charge is 2.30. The van der Waals surface area contributed by atoms with Crippen LogP contribution in [0.25, 0.3) is 0 Å². The predicted octanol–water partition coefficient (Wildman–Crippen LogP) is -2.31. The summed E-state index contributed by atoms with van der Waals surface area (Å²) in [6.07, 6.45) is -2.97. The molecule has 2 unspecified atom stereocenters. The SMILES string of the molecule is C[N+](C)(C)C[C@@H](CC(=O)[O-])OP(=O)(O)OCC(O)CO. The molecular weight excluding hydrogens is 293 g/mol. The molecule has 120 valence electrons. The number of nitrogens with zero attached hydrogens (tertiary/aromatic N) is 1. The van der Waals surface area contributed by atoms with E-state index < -0.39 is 45.6 Å². The number of likely N-dealkylation sites (N-methyl/N-ethyl adjacent to an activating group) is 1. The molecule has 0 aromatic rings. The van der Waals surface area contributed by atoms with Crippen molar-refractivity contribution in [1.29, 1.82) is 0 Å². The highest BCUT2D eigenvalue weighted by atomic mass is 31.2. The third-order valence-corrected chi connectivity index (χ3v) is 3.11. The smallest absolute Gasteiger partial charge is 0.472 e. The number of phosphoric ester groups is 1. The molecule has 0 aromatic heterocycles. The van der Waals surface area contributed by atoms with Crippen LogP contribution in [0.15, 0.2) is 0 Å². The number of phosphoric acid groups is 1. The molecule has 9 nitrogen and oxygen atoms in total. The Balaban J connectivity index is 4.61. The quantitative estimate of drug-likeness (QED) is 0.302. The van der Waals surface area contributed by atoms with Gasteiger partial charge >= 0.3 is 7.82 Å². The zero-order valence-electron chi connectivity index (χ0n) is 11.8. The van der Waals surface area contributed by atoms with Gasteiger partial charge in [0, 0.05) is 12.4 Å². The molecule has 0 saturated heterocycles. The molecule has 20 heavy (non-hydrogen) atoms. The number of hydrogen-bond donors (Lipinski definition) is 3. The van der Waals surface area contributed by atoms with Gasteiger partial charge in [-0.1, -0.05) is 0 Å². The highest BCUT2D eigenvalue weighted by Crippen LogP contribution is 2.45. The lowest BCUT2D eigenvalue weighted by Gasteiger charge is -2.30. The van der Waals surface area contributed by atoms with E-state index in [9.17, 15) is 19.4 Å². The Morgan fingerprint density at radius 3 is 2.35 bits per heavy atom. The zero-order chi connectivity index (χ0) is 16.0. The molecule has 0 amide bonds. The van der Waals surface area contributed by atoms with Crippen molar-refractivity contribution in [3.05, 3.63) is 0 Å². The van der Waals surface area contributed by atoms with Gasteiger partial charge in [0.1, 0.15) is 18.8 Å². The van der Waals surface area contributed by atoms with Crippen LogP contribution in [0.1, 0.15) is 6.42 Å². The number of carbonyl (C=O) groups is 1. The molecular formula is C10H22NO8P. The van der Waals surface area contributed by atoms with Crippen molar-refractivity contribution >= 4 is 13.8 Å². The average molecular weight is 315 g/mol. The van der Waals surface area contributed by atoms with Gasteiger partial charge in [-0.25, -0.2) is 4.57 Å². The first kappa shape index (κ1) is 19.5. The van der Waals surface area contributed by atoms with E-state index in [1.807, 2.05) is 0 Å². The third kappa shape index (κ3) is 10.3. The first-order valence-corrected chi connectivity index (χ1v) is 7.39. The fraction of sp³-hybridized carbons (Fsp3) is 0.900. The first-order chi connectivity index (χ1) is 8.95. The molecule has 3 atom stereocenters. The summed E-state index contributed by atoms with van der Waals surface area (Å²) in [5, 5.41) is 28.2. The van der Waals surface area contributed by atoms with Crippen LogP contribution in [0.2, 0.25) is 0 Å². The Morgan fingerprint density at radius 2 is 1.95 bits per heavy atom. The van der Waals surface area contributed by atoms with E-state index in [1.54, 1.807) is 21.1 Å². The maximum absolute atomic E-state index is 11.6. The summed E-state index contributed by atoms with van der Waals surface area (Å²) < 4.78 is 21.2. The molecule has 0 rings (SSSR count). The van der Waals surface area contributed by atoms with Gasteiger partial charge in [-0.2, -0.15) is 0 Å². The van der Waals surface area contributed by atoms with Crippen LogP contribution in [0.5, 0.6) is 0 Å². The number of rotatable bonds is 10. The van der Waals surface area contributed by atoms with Gasteiger partial charge in [0.05, 0.1) is 34.4 Å². The van der Waals surface area contributed by atoms with Gasteiger partial charge < -0.3 is 29.5 Å². The Kier molecular flexibility index (Phi) is 7.82. The summed E-state index contributed by atoms with van der Waals surface area (Å²) in [5.74, 6) is -1.42. The van der Waals surface area contributed by atoms with Crippen molar-refractivity contribution in [3.63, 3.8) is 0 Å². The number of carbonyl (C=O) groups excluding carboxylic acids is 1. The van der Waals surface area contributed by atoms with Gasteiger partial charge in [-0.05, 0) is 0 Å². The molecule has 0 spiro atoms. The summed E-state index contributed by atoms with van der Waals surface area (Å²) >= 11 is 0. The fourth-order valence-corrected chi connectivity index (χ4v) is 2.32. The van der Waals surface area contributed by atoms with Crippen molar-refractivity contribution in [1.82, 2.24) is 0 Å². The topological polar surface area (TPSA) is 136 Å². The molecule has 0 radical (unpaired) electrons. The van der Waals surface area contributed by atoms with Crippen LogP contribution in [0.4, 0.5) is 0 Å². The number of aliphatic hydroxyl groups excluding tert-OH is 2. The molecule has 0 bridgehead atoms. The maximum Gasteiger partial charge on any atom is 0.472 e. The molecule has 0 fully saturated rings. The van der Waals surface area contributed by atoms with Gasteiger partial charge in [-0.3, -0.25) is 9.05 Å². The number of quaternary nitrogens is 1. The standard InChI is InChI=1S/C10H22NO8P/c1-11(2,3)5-9(4-10(14)15)19-20(16,17)18-7-8(13)6-12/h8-9,12-13H,4-7H2,1-3H3,(H-,14,15,16,17)/t8?,9-/m1/s1. The molecule has 0 aliphatic heterocycles. The fourth-order valence-electron chi connectivity index (χ4n) is 1.38. The monoisotopic (exact) mass is 315 g/mol. The lowest BCUT2D eigenvalue weighted by atomic mass is 10.2. The van der Waals surface area contributed by atoms with Crippen LogP contribution in [0.3, 0.4) is 0 Å². The maximum atomic E-state index is 11.6. The van der Waals surface area contributed by atoms with E-state index in [4.69, 9.17) is 14.7 Å². The summed E-state index contributed by atoms with van der Waals surface area (Å²) in [7, 11) is 0.733. The largest absolute Gasteiger partial charge is 0.550 e. The number of aliphatic hydroxyl groups is 2. The third-order valence-electron chi connectivity index (χ3n) is 2.07. The minimum absolute atomic E-state index is 0.143. The minimum atomic E-state index is -4.53. The van der Waals surface area contributed by atoms with Gasteiger partial charge in [-0.15, -0.1) is 0 Å². The lowest BCUT2D eigenvalue weighted by molar-refractivity contribution is -0.873. The van der Waals surface area contributed by atoms with Gasteiger partial charge in [0.2, 0.25) is 0 Å². The van der Waals surface area contributed by atoms with E-state index >= 15 is 0 Å². The average Bonchev–Trinajstić information content (AvgIpc) is 2.21. The number of carboxylic acids is 1. The molecule has 10 heteroatoms. The second-order valence-electron chi connectivity index (χ2n) is 5.38. The Hall–Kier alpha value is -0.540. The molecule has 0 aliphatic carbocycles. The normalized spacial score (nSPS) is 18.3. The second-order valence-corrected chi connectivity index (χ2v) is 6.78. The van der Waals surface area contributed by atoms with E-state index in [0.717, 1.165) is 0 Å². The van der Waals surface area contributed by atoms with Crippen LogP contribution in [-0.4, -0.2) is 78.7 Å². The molecule has 0 aliphatic rings. The summed E-state index contributed by atoms with van der Waals surface area (Å²) in [6, 6.07) is 0. The van der Waals surface area contributed by atoms with Crippen molar-refractivity contribution in [2.75, 3.05) is 40.9 Å². The molecule has 0 aromatic carbocycles. The second kappa shape index (κ2) is 8.04. The van der Waals surface area contributed by atoms with E-state index in [-0.39, 0.29) is 6.54 Å². The van der Waals surface area contributed by atoms with E-state index in [2.05, 4.69) is 4.52 Å². The zero-order valence-corrected chi connectivity index (χ0v) is 12.7. The van der Waals surface area contributed by atoms with Crippen molar-refractivity contribution in [2.45, 2.75) is 18.6 Å². The Morgan fingerprint density at radius 1 is 1.40 bits per heavy atom. The van der Waals surface area contributed by atoms with Crippen molar-refractivity contribution < 1.29 is 43.1 Å².